The Morgan fingerprint density at radius 3 is 2.75 bits per heavy atom. The van der Waals surface area contributed by atoms with Gasteiger partial charge in [-0.15, -0.1) is 0 Å². The molecule has 1 aliphatic carbocycles. The van der Waals surface area contributed by atoms with Gasteiger partial charge in [-0.3, -0.25) is 4.99 Å². The summed E-state index contributed by atoms with van der Waals surface area (Å²) in [7, 11) is 3.73. The van der Waals surface area contributed by atoms with E-state index in [4.69, 9.17) is 4.74 Å². The van der Waals surface area contributed by atoms with Crippen molar-refractivity contribution in [3.8, 4) is 0 Å². The molecule has 3 heteroatoms. The average molecular weight is 276 g/mol. The minimum absolute atomic E-state index is 0.869. The maximum atomic E-state index is 5.51. The van der Waals surface area contributed by atoms with E-state index in [0.29, 0.717) is 0 Å². The van der Waals surface area contributed by atoms with Gasteiger partial charge in [-0.05, 0) is 57.0 Å². The van der Waals surface area contributed by atoms with Gasteiger partial charge < -0.3 is 10.1 Å². The Morgan fingerprint density at radius 2 is 2.15 bits per heavy atom. The van der Waals surface area contributed by atoms with Crippen LogP contribution in [0.25, 0.3) is 0 Å². The molecule has 20 heavy (non-hydrogen) atoms. The number of ether oxygens (including phenoxy) is 1. The summed E-state index contributed by atoms with van der Waals surface area (Å²) in [6.45, 7) is 6.10. The molecular weight excluding hydrogens is 248 g/mol. The van der Waals surface area contributed by atoms with Crippen molar-refractivity contribution < 1.29 is 4.74 Å². The van der Waals surface area contributed by atoms with Crippen LogP contribution in [0.2, 0.25) is 0 Å². The van der Waals surface area contributed by atoms with Gasteiger partial charge in [0.2, 0.25) is 0 Å². The van der Waals surface area contributed by atoms with Crippen molar-refractivity contribution in [1.82, 2.24) is 5.32 Å². The van der Waals surface area contributed by atoms with E-state index in [1.807, 2.05) is 7.05 Å². The molecular formula is C17H28N2O. The summed E-state index contributed by atoms with van der Waals surface area (Å²) in [6.07, 6.45) is 10.6. The summed E-state index contributed by atoms with van der Waals surface area (Å²) in [5.74, 6) is 1.01. The van der Waals surface area contributed by atoms with Crippen LogP contribution in [0, 0.1) is 0 Å². The normalized spacial score (nSPS) is 16.2. The Labute approximate surface area is 123 Å². The first kappa shape index (κ1) is 16.7. The molecule has 0 heterocycles. The summed E-state index contributed by atoms with van der Waals surface area (Å²) >= 11 is 0. The third-order valence-electron chi connectivity index (χ3n) is 3.42. The molecule has 112 valence electrons. The second kappa shape index (κ2) is 9.54. The predicted molar refractivity (Wildman–Crippen MR) is 87.3 cm³/mol. The van der Waals surface area contributed by atoms with Crippen LogP contribution in [0.1, 0.15) is 39.5 Å². The standard InChI is InChI=1S/C17H28N2O/c1-5-16(19-6-2)13-14-8-7-9-17(20-4)15(12-14)10-11-18-3/h8-9,12,18H,5-7,10-11,13H2,1-4H3/b19-16+. The van der Waals surface area contributed by atoms with E-state index in [1.165, 1.54) is 16.9 Å². The summed E-state index contributed by atoms with van der Waals surface area (Å²) in [5, 5.41) is 3.20. The van der Waals surface area contributed by atoms with E-state index in [2.05, 4.69) is 42.4 Å². The zero-order valence-corrected chi connectivity index (χ0v) is 13.3. The Morgan fingerprint density at radius 1 is 1.35 bits per heavy atom. The van der Waals surface area contributed by atoms with Crippen LogP contribution in [-0.2, 0) is 4.74 Å². The lowest BCUT2D eigenvalue weighted by atomic mass is 10.0. The Kier molecular flexibility index (Phi) is 7.97. The molecule has 0 radical (unpaired) electrons. The quantitative estimate of drug-likeness (QED) is 0.687. The molecule has 0 saturated heterocycles. The lowest BCUT2D eigenvalue weighted by molar-refractivity contribution is 0.297. The fraction of sp³-hybridized carbons (Fsp3) is 0.588. The van der Waals surface area contributed by atoms with Crippen LogP contribution in [0.3, 0.4) is 0 Å². The van der Waals surface area contributed by atoms with Crippen molar-refractivity contribution in [2.75, 3.05) is 27.2 Å². The Balaban J connectivity index is 2.86. The molecule has 0 spiro atoms. The number of methoxy groups -OCH3 is 1. The molecule has 1 rings (SSSR count). The first-order valence-electron chi connectivity index (χ1n) is 7.56. The van der Waals surface area contributed by atoms with Crippen LogP contribution in [0.5, 0.6) is 0 Å². The molecule has 0 unspecified atom stereocenters. The van der Waals surface area contributed by atoms with Gasteiger partial charge in [-0.2, -0.15) is 0 Å². The number of hydrogen-bond donors (Lipinski definition) is 1. The SMILES string of the molecule is CC/N=C(\CC)CC1=CCC=C(OC)C(CCNC)=C1. The fourth-order valence-electron chi connectivity index (χ4n) is 2.35. The van der Waals surface area contributed by atoms with Gasteiger partial charge >= 0.3 is 0 Å². The lowest BCUT2D eigenvalue weighted by Gasteiger charge is -2.11. The van der Waals surface area contributed by atoms with Crippen molar-refractivity contribution >= 4 is 5.71 Å². The van der Waals surface area contributed by atoms with E-state index >= 15 is 0 Å². The second-order valence-corrected chi connectivity index (χ2v) is 4.88. The molecule has 0 aromatic carbocycles. The van der Waals surface area contributed by atoms with E-state index in [0.717, 1.165) is 44.5 Å². The molecule has 1 aliphatic rings. The van der Waals surface area contributed by atoms with Gasteiger partial charge in [0.1, 0.15) is 5.76 Å². The Bertz CT molecular complexity index is 417. The summed E-state index contributed by atoms with van der Waals surface area (Å²) in [6, 6.07) is 0. The number of allylic oxidation sites excluding steroid dienone is 5. The molecule has 0 fully saturated rings. The molecule has 3 nitrogen and oxygen atoms in total. The number of nitrogens with one attached hydrogen (secondary N) is 1. The molecule has 0 saturated carbocycles. The molecule has 0 aromatic heterocycles. The van der Waals surface area contributed by atoms with Crippen molar-refractivity contribution in [3.05, 3.63) is 35.1 Å². The van der Waals surface area contributed by atoms with Gasteiger partial charge in [0.05, 0.1) is 7.11 Å². The highest BCUT2D eigenvalue weighted by Crippen LogP contribution is 2.23. The average Bonchev–Trinajstić information content (AvgIpc) is 2.66. The maximum absolute atomic E-state index is 5.51. The van der Waals surface area contributed by atoms with Gasteiger partial charge in [0.25, 0.3) is 0 Å². The van der Waals surface area contributed by atoms with E-state index in [-0.39, 0.29) is 0 Å². The minimum atomic E-state index is 0.869. The van der Waals surface area contributed by atoms with Crippen LogP contribution in [0.4, 0.5) is 0 Å². The molecule has 0 aliphatic heterocycles. The highest BCUT2D eigenvalue weighted by atomic mass is 16.5. The van der Waals surface area contributed by atoms with Crippen LogP contribution >= 0.6 is 0 Å². The molecule has 0 aromatic rings. The van der Waals surface area contributed by atoms with Crippen molar-refractivity contribution in [1.29, 1.82) is 0 Å². The first-order chi connectivity index (χ1) is 9.74. The van der Waals surface area contributed by atoms with E-state index < -0.39 is 0 Å². The molecule has 0 bridgehead atoms. The van der Waals surface area contributed by atoms with Gasteiger partial charge in [0, 0.05) is 18.7 Å². The minimum Gasteiger partial charge on any atom is -0.497 e. The van der Waals surface area contributed by atoms with E-state index in [1.54, 1.807) is 7.11 Å². The number of hydrogen-bond acceptors (Lipinski definition) is 3. The molecule has 0 atom stereocenters. The summed E-state index contributed by atoms with van der Waals surface area (Å²) in [5.41, 5.74) is 3.91. The fourth-order valence-corrected chi connectivity index (χ4v) is 2.35. The molecule has 0 amide bonds. The smallest absolute Gasteiger partial charge is 0.118 e. The van der Waals surface area contributed by atoms with Crippen molar-refractivity contribution in [2.45, 2.75) is 39.5 Å². The summed E-state index contributed by atoms with van der Waals surface area (Å²) in [4.78, 5) is 4.58. The highest BCUT2D eigenvalue weighted by Gasteiger charge is 2.10. The van der Waals surface area contributed by atoms with Gasteiger partial charge in [-0.25, -0.2) is 0 Å². The zero-order chi connectivity index (χ0) is 14.8. The van der Waals surface area contributed by atoms with Crippen LogP contribution in [-0.4, -0.2) is 33.0 Å². The van der Waals surface area contributed by atoms with Gasteiger partial charge in [-0.1, -0.05) is 19.1 Å². The lowest BCUT2D eigenvalue weighted by Crippen LogP contribution is -2.10. The van der Waals surface area contributed by atoms with Crippen molar-refractivity contribution in [3.63, 3.8) is 0 Å². The highest BCUT2D eigenvalue weighted by molar-refractivity contribution is 5.87. The third-order valence-corrected chi connectivity index (χ3v) is 3.42. The van der Waals surface area contributed by atoms with Crippen molar-refractivity contribution in [2.24, 2.45) is 4.99 Å². The number of nitrogens with zero attached hydrogens (tertiary/aromatic N) is 1. The maximum Gasteiger partial charge on any atom is 0.118 e. The largest absolute Gasteiger partial charge is 0.497 e. The topological polar surface area (TPSA) is 33.6 Å². The van der Waals surface area contributed by atoms with E-state index in [9.17, 15) is 0 Å². The first-order valence-corrected chi connectivity index (χ1v) is 7.56. The van der Waals surface area contributed by atoms with Gasteiger partial charge in [0.15, 0.2) is 0 Å². The van der Waals surface area contributed by atoms with Crippen LogP contribution < -0.4 is 5.32 Å². The predicted octanol–water partition coefficient (Wildman–Crippen LogP) is 3.64. The third kappa shape index (κ3) is 5.33. The second-order valence-electron chi connectivity index (χ2n) is 4.88. The summed E-state index contributed by atoms with van der Waals surface area (Å²) < 4.78 is 5.51. The Hall–Kier alpha value is -1.35. The number of aliphatic imine (C=N–C) groups is 1. The monoisotopic (exact) mass is 276 g/mol. The van der Waals surface area contributed by atoms with Crippen LogP contribution in [0.15, 0.2) is 40.1 Å². The zero-order valence-electron chi connectivity index (χ0n) is 13.3. The number of rotatable bonds is 8. The molecule has 1 N–H and O–H groups in total.